The first kappa shape index (κ1) is 14.8. The van der Waals surface area contributed by atoms with Crippen LogP contribution in [0.1, 0.15) is 0 Å². The highest BCUT2D eigenvalue weighted by Crippen LogP contribution is 2.22. The highest BCUT2D eigenvalue weighted by atomic mass is 32.2. The normalized spacial score (nSPS) is 13.5. The van der Waals surface area contributed by atoms with Crippen molar-refractivity contribution < 1.29 is 0 Å². The largest absolute Gasteiger partial charge is 0.370 e. The molecule has 0 spiro atoms. The number of hydrogen-bond donors (Lipinski definition) is 1. The number of nitrogens with one attached hydrogen (secondary N) is 1. The Hall–Kier alpha value is -2.62. The summed E-state index contributed by atoms with van der Waals surface area (Å²) >= 11 is 1.96. The lowest BCUT2D eigenvalue weighted by Gasteiger charge is -2.28. The predicted molar refractivity (Wildman–Crippen MR) is 83.5 cm³/mol. The van der Waals surface area contributed by atoms with Crippen LogP contribution in [0.3, 0.4) is 0 Å². The maximum absolute atomic E-state index is 9.00. The van der Waals surface area contributed by atoms with Crippen molar-refractivity contribution in [1.82, 2.24) is 0 Å². The van der Waals surface area contributed by atoms with Crippen molar-refractivity contribution in [1.29, 1.82) is 15.8 Å². The summed E-state index contributed by atoms with van der Waals surface area (Å²) in [5.41, 5.74) is 1.59. The quantitative estimate of drug-likeness (QED) is 0.862. The number of allylic oxidation sites excluding steroid dienone is 2. The van der Waals surface area contributed by atoms with Gasteiger partial charge in [0.05, 0.1) is 0 Å². The van der Waals surface area contributed by atoms with Crippen LogP contribution >= 0.6 is 11.8 Å². The van der Waals surface area contributed by atoms with Crippen LogP contribution in [-0.4, -0.2) is 24.6 Å². The van der Waals surface area contributed by atoms with E-state index in [0.717, 1.165) is 30.3 Å². The highest BCUT2D eigenvalue weighted by molar-refractivity contribution is 7.99. The van der Waals surface area contributed by atoms with E-state index in [1.807, 2.05) is 42.1 Å². The molecule has 2 rings (SSSR count). The first-order valence-corrected chi connectivity index (χ1v) is 7.58. The molecule has 0 aliphatic carbocycles. The van der Waals surface area contributed by atoms with Gasteiger partial charge in [-0.1, -0.05) is 0 Å². The Morgan fingerprint density at radius 1 is 1.00 bits per heavy atom. The average molecular weight is 295 g/mol. The molecule has 1 saturated heterocycles. The lowest BCUT2D eigenvalue weighted by molar-refractivity contribution is 0.859. The van der Waals surface area contributed by atoms with Crippen molar-refractivity contribution in [2.45, 2.75) is 0 Å². The van der Waals surface area contributed by atoms with Crippen LogP contribution in [0, 0.1) is 34.0 Å². The predicted octanol–water partition coefficient (Wildman–Crippen LogP) is 2.48. The second kappa shape index (κ2) is 7.24. The number of nitrogens with zero attached hydrogens (tertiary/aromatic N) is 4. The Morgan fingerprint density at radius 2 is 1.62 bits per heavy atom. The second-order valence-electron chi connectivity index (χ2n) is 4.36. The van der Waals surface area contributed by atoms with E-state index in [1.165, 1.54) is 0 Å². The van der Waals surface area contributed by atoms with Crippen molar-refractivity contribution in [2.75, 3.05) is 34.8 Å². The summed E-state index contributed by atoms with van der Waals surface area (Å²) in [5.74, 6) is 2.27. The Bertz CT molecular complexity index is 635. The molecule has 21 heavy (non-hydrogen) atoms. The monoisotopic (exact) mass is 295 g/mol. The van der Waals surface area contributed by atoms with Crippen molar-refractivity contribution in [3.05, 3.63) is 35.5 Å². The van der Waals surface area contributed by atoms with E-state index in [2.05, 4.69) is 10.2 Å². The molecule has 0 saturated carbocycles. The molecule has 104 valence electrons. The first-order chi connectivity index (χ1) is 10.3. The minimum atomic E-state index is -0.213. The van der Waals surface area contributed by atoms with Crippen molar-refractivity contribution in [3.63, 3.8) is 0 Å². The number of anilines is 2. The standard InChI is InChI=1S/C15H13N5S/c16-9-12(10-17)15(11-18)19-13-1-3-14(4-2-13)20-5-7-21-8-6-20/h1-4,19H,5-8H2. The van der Waals surface area contributed by atoms with Crippen molar-refractivity contribution >= 4 is 23.1 Å². The smallest absolute Gasteiger partial charge is 0.163 e. The Morgan fingerprint density at radius 3 is 2.14 bits per heavy atom. The Kier molecular flexibility index (Phi) is 5.10. The summed E-state index contributed by atoms with van der Waals surface area (Å²) in [4.78, 5) is 2.32. The molecule has 0 atom stereocenters. The summed E-state index contributed by atoms with van der Waals surface area (Å²) in [5, 5.41) is 29.4. The van der Waals surface area contributed by atoms with Crippen LogP contribution in [0.2, 0.25) is 0 Å². The van der Waals surface area contributed by atoms with Gasteiger partial charge in [0.15, 0.2) is 5.57 Å². The molecular formula is C15H13N5S. The summed E-state index contributed by atoms with van der Waals surface area (Å²) in [6, 6.07) is 12.9. The molecule has 1 aromatic carbocycles. The van der Waals surface area contributed by atoms with E-state index in [4.69, 9.17) is 15.8 Å². The van der Waals surface area contributed by atoms with Crippen LogP contribution in [0.15, 0.2) is 35.5 Å². The molecule has 1 aliphatic heterocycles. The van der Waals surface area contributed by atoms with Gasteiger partial charge in [0.2, 0.25) is 0 Å². The molecular weight excluding hydrogens is 282 g/mol. The summed E-state index contributed by atoms with van der Waals surface area (Å²) in [7, 11) is 0. The number of nitriles is 3. The zero-order chi connectivity index (χ0) is 15.1. The lowest BCUT2D eigenvalue weighted by atomic mass is 10.2. The summed E-state index contributed by atoms with van der Waals surface area (Å²) in [6.07, 6.45) is 0. The summed E-state index contributed by atoms with van der Waals surface area (Å²) < 4.78 is 0. The fraction of sp³-hybridized carbons (Fsp3) is 0.267. The number of rotatable bonds is 3. The molecule has 0 aromatic heterocycles. The molecule has 0 unspecified atom stereocenters. The maximum atomic E-state index is 9.00. The zero-order valence-corrected chi connectivity index (χ0v) is 12.2. The van der Waals surface area contributed by atoms with Gasteiger partial charge >= 0.3 is 0 Å². The Labute approximate surface area is 128 Å². The SMILES string of the molecule is N#CC(C#N)=C(C#N)Nc1ccc(N2CCSCC2)cc1. The molecule has 5 nitrogen and oxygen atoms in total. The highest BCUT2D eigenvalue weighted by Gasteiger charge is 2.11. The van der Waals surface area contributed by atoms with Gasteiger partial charge < -0.3 is 10.2 Å². The molecule has 1 aromatic rings. The van der Waals surface area contributed by atoms with Crippen molar-refractivity contribution in [3.8, 4) is 18.2 Å². The van der Waals surface area contributed by atoms with Gasteiger partial charge in [-0.3, -0.25) is 0 Å². The molecule has 1 aliphatic rings. The van der Waals surface area contributed by atoms with E-state index in [-0.39, 0.29) is 11.3 Å². The van der Waals surface area contributed by atoms with Crippen LogP contribution < -0.4 is 10.2 Å². The van der Waals surface area contributed by atoms with Crippen LogP contribution in [-0.2, 0) is 0 Å². The van der Waals surface area contributed by atoms with Crippen LogP contribution in [0.4, 0.5) is 11.4 Å². The number of hydrogen-bond acceptors (Lipinski definition) is 6. The summed E-state index contributed by atoms with van der Waals surface area (Å²) in [6.45, 7) is 2.07. The second-order valence-corrected chi connectivity index (χ2v) is 5.58. The average Bonchev–Trinajstić information content (AvgIpc) is 2.56. The van der Waals surface area contributed by atoms with E-state index in [9.17, 15) is 0 Å². The number of thioether (sulfide) groups is 1. The zero-order valence-electron chi connectivity index (χ0n) is 11.3. The molecule has 0 radical (unpaired) electrons. The fourth-order valence-corrected chi connectivity index (χ4v) is 2.91. The van der Waals surface area contributed by atoms with Gasteiger partial charge in [0, 0.05) is 36.0 Å². The fourth-order valence-electron chi connectivity index (χ4n) is 2.00. The lowest BCUT2D eigenvalue weighted by Crippen LogP contribution is -2.32. The van der Waals surface area contributed by atoms with Crippen LogP contribution in [0.25, 0.3) is 0 Å². The van der Waals surface area contributed by atoms with Gasteiger partial charge in [-0.05, 0) is 24.3 Å². The van der Waals surface area contributed by atoms with E-state index >= 15 is 0 Å². The van der Waals surface area contributed by atoms with Crippen molar-refractivity contribution in [2.24, 2.45) is 0 Å². The maximum Gasteiger partial charge on any atom is 0.163 e. The minimum absolute atomic E-state index is 0.0258. The third-order valence-corrected chi connectivity index (χ3v) is 4.04. The van der Waals surface area contributed by atoms with Gasteiger partial charge in [0.25, 0.3) is 0 Å². The van der Waals surface area contributed by atoms with E-state index in [0.29, 0.717) is 5.69 Å². The molecule has 1 N–H and O–H groups in total. The van der Waals surface area contributed by atoms with Crippen LogP contribution in [0.5, 0.6) is 0 Å². The Balaban J connectivity index is 2.13. The first-order valence-electron chi connectivity index (χ1n) is 6.43. The molecule has 1 fully saturated rings. The van der Waals surface area contributed by atoms with Gasteiger partial charge in [-0.2, -0.15) is 27.5 Å². The van der Waals surface area contributed by atoms with E-state index in [1.54, 1.807) is 12.1 Å². The molecule has 0 bridgehead atoms. The minimum Gasteiger partial charge on any atom is -0.370 e. The number of benzene rings is 1. The molecule has 6 heteroatoms. The van der Waals surface area contributed by atoms with Gasteiger partial charge in [-0.25, -0.2) is 0 Å². The third kappa shape index (κ3) is 3.69. The van der Waals surface area contributed by atoms with Gasteiger partial charge in [0.1, 0.15) is 23.9 Å². The molecule has 1 heterocycles. The van der Waals surface area contributed by atoms with E-state index < -0.39 is 0 Å². The topological polar surface area (TPSA) is 86.6 Å². The third-order valence-electron chi connectivity index (χ3n) is 3.10. The molecule has 0 amide bonds. The van der Waals surface area contributed by atoms with Gasteiger partial charge in [-0.15, -0.1) is 0 Å².